The molecule has 1 aliphatic carbocycles. The second kappa shape index (κ2) is 8.18. The Labute approximate surface area is 128 Å². The van der Waals surface area contributed by atoms with Crippen LogP contribution in [0, 0.1) is 5.92 Å². The number of benzene rings is 1. The number of carbonyl (C=O) groups is 1. The van der Waals surface area contributed by atoms with Gasteiger partial charge in [0.1, 0.15) is 0 Å². The van der Waals surface area contributed by atoms with Crippen LogP contribution < -0.4 is 10.6 Å². The van der Waals surface area contributed by atoms with E-state index in [0.717, 1.165) is 18.7 Å². The third-order valence-corrected chi connectivity index (χ3v) is 4.21. The molecule has 0 heterocycles. The summed E-state index contributed by atoms with van der Waals surface area (Å²) in [5.74, 6) is 0.737. The van der Waals surface area contributed by atoms with Crippen molar-refractivity contribution in [3.8, 4) is 0 Å². The molecule has 1 saturated carbocycles. The van der Waals surface area contributed by atoms with Gasteiger partial charge in [0.15, 0.2) is 0 Å². The van der Waals surface area contributed by atoms with Gasteiger partial charge in [-0.3, -0.25) is 4.79 Å². The quantitative estimate of drug-likeness (QED) is 0.841. The molecule has 21 heavy (non-hydrogen) atoms. The van der Waals surface area contributed by atoms with Gasteiger partial charge in [-0.05, 0) is 36.5 Å². The standard InChI is InChI=1S/C18H28N2O/c1-14(2)19-12-16-8-10-17(11-9-16)18(21)20-13-15-6-4-3-5-7-15/h8-11,14-15,19H,3-7,12-13H2,1-2H3,(H,20,21). The molecular weight excluding hydrogens is 260 g/mol. The fourth-order valence-electron chi connectivity index (χ4n) is 2.83. The molecule has 1 amide bonds. The Morgan fingerprint density at radius 1 is 1.14 bits per heavy atom. The summed E-state index contributed by atoms with van der Waals surface area (Å²) in [6.45, 7) is 5.94. The van der Waals surface area contributed by atoms with Crippen LogP contribution in [0.3, 0.4) is 0 Å². The largest absolute Gasteiger partial charge is 0.352 e. The zero-order valence-electron chi connectivity index (χ0n) is 13.3. The molecule has 1 fully saturated rings. The summed E-state index contributed by atoms with van der Waals surface area (Å²) in [6.07, 6.45) is 6.52. The predicted octanol–water partition coefficient (Wildman–Crippen LogP) is 3.49. The van der Waals surface area contributed by atoms with Crippen molar-refractivity contribution in [2.45, 2.75) is 58.5 Å². The first-order valence-electron chi connectivity index (χ1n) is 8.25. The van der Waals surface area contributed by atoms with Crippen LogP contribution in [0.5, 0.6) is 0 Å². The van der Waals surface area contributed by atoms with Crippen molar-refractivity contribution in [2.75, 3.05) is 6.54 Å². The topological polar surface area (TPSA) is 41.1 Å². The highest BCUT2D eigenvalue weighted by molar-refractivity contribution is 5.94. The zero-order valence-corrected chi connectivity index (χ0v) is 13.3. The second-order valence-corrected chi connectivity index (χ2v) is 6.45. The van der Waals surface area contributed by atoms with Gasteiger partial charge in [-0.15, -0.1) is 0 Å². The molecule has 0 unspecified atom stereocenters. The van der Waals surface area contributed by atoms with E-state index in [1.807, 2.05) is 24.3 Å². The van der Waals surface area contributed by atoms with Crippen LogP contribution in [0.4, 0.5) is 0 Å². The van der Waals surface area contributed by atoms with Gasteiger partial charge < -0.3 is 10.6 Å². The molecule has 1 aromatic rings. The maximum atomic E-state index is 12.1. The van der Waals surface area contributed by atoms with Crippen LogP contribution in [0.15, 0.2) is 24.3 Å². The first-order chi connectivity index (χ1) is 10.1. The minimum Gasteiger partial charge on any atom is -0.352 e. The minimum absolute atomic E-state index is 0.0592. The van der Waals surface area contributed by atoms with Crippen LogP contribution in [0.1, 0.15) is 61.9 Å². The van der Waals surface area contributed by atoms with Crippen molar-refractivity contribution in [1.82, 2.24) is 10.6 Å². The van der Waals surface area contributed by atoms with E-state index in [1.54, 1.807) is 0 Å². The lowest BCUT2D eigenvalue weighted by Crippen LogP contribution is -2.30. The van der Waals surface area contributed by atoms with E-state index in [-0.39, 0.29) is 5.91 Å². The second-order valence-electron chi connectivity index (χ2n) is 6.45. The first kappa shape index (κ1) is 16.0. The van der Waals surface area contributed by atoms with Gasteiger partial charge in [0.25, 0.3) is 5.91 Å². The number of rotatable bonds is 6. The minimum atomic E-state index is 0.0592. The van der Waals surface area contributed by atoms with Gasteiger partial charge >= 0.3 is 0 Å². The molecule has 0 spiro atoms. The Morgan fingerprint density at radius 3 is 2.43 bits per heavy atom. The molecule has 0 atom stereocenters. The smallest absolute Gasteiger partial charge is 0.251 e. The van der Waals surface area contributed by atoms with Gasteiger partial charge in [0.2, 0.25) is 0 Å². The molecule has 0 radical (unpaired) electrons. The van der Waals surface area contributed by atoms with Crippen LogP contribution in [0.25, 0.3) is 0 Å². The maximum Gasteiger partial charge on any atom is 0.251 e. The monoisotopic (exact) mass is 288 g/mol. The summed E-state index contributed by atoms with van der Waals surface area (Å²) in [5.41, 5.74) is 1.98. The molecule has 2 N–H and O–H groups in total. The Hall–Kier alpha value is -1.35. The number of nitrogens with one attached hydrogen (secondary N) is 2. The first-order valence-corrected chi connectivity index (χ1v) is 8.25. The van der Waals surface area contributed by atoms with Crippen molar-refractivity contribution < 1.29 is 4.79 Å². The van der Waals surface area contributed by atoms with Gasteiger partial charge in [0, 0.05) is 24.7 Å². The third-order valence-electron chi connectivity index (χ3n) is 4.21. The van der Waals surface area contributed by atoms with E-state index in [1.165, 1.54) is 37.7 Å². The van der Waals surface area contributed by atoms with Gasteiger partial charge in [-0.2, -0.15) is 0 Å². The Morgan fingerprint density at radius 2 is 1.81 bits per heavy atom. The van der Waals surface area contributed by atoms with Gasteiger partial charge in [-0.25, -0.2) is 0 Å². The van der Waals surface area contributed by atoms with Crippen LogP contribution >= 0.6 is 0 Å². The Bertz CT molecular complexity index is 433. The van der Waals surface area contributed by atoms with Crippen molar-refractivity contribution in [1.29, 1.82) is 0 Å². The van der Waals surface area contributed by atoms with Crippen molar-refractivity contribution in [2.24, 2.45) is 5.92 Å². The fourth-order valence-corrected chi connectivity index (χ4v) is 2.83. The summed E-state index contributed by atoms with van der Waals surface area (Å²) < 4.78 is 0. The highest BCUT2D eigenvalue weighted by Crippen LogP contribution is 2.22. The Balaban J connectivity index is 1.79. The van der Waals surface area contributed by atoms with Crippen LogP contribution in [-0.2, 0) is 6.54 Å². The molecule has 0 saturated heterocycles. The lowest BCUT2D eigenvalue weighted by molar-refractivity contribution is 0.0943. The van der Waals surface area contributed by atoms with E-state index >= 15 is 0 Å². The average Bonchev–Trinajstić information content (AvgIpc) is 2.52. The zero-order chi connectivity index (χ0) is 15.1. The molecule has 2 rings (SSSR count). The maximum absolute atomic E-state index is 12.1. The van der Waals surface area contributed by atoms with E-state index < -0.39 is 0 Å². The van der Waals surface area contributed by atoms with Crippen molar-refractivity contribution >= 4 is 5.91 Å². The molecule has 3 nitrogen and oxygen atoms in total. The molecule has 3 heteroatoms. The SMILES string of the molecule is CC(C)NCc1ccc(C(=O)NCC2CCCCC2)cc1. The number of amides is 1. The molecule has 1 aliphatic rings. The number of carbonyl (C=O) groups excluding carboxylic acids is 1. The molecule has 116 valence electrons. The highest BCUT2D eigenvalue weighted by atomic mass is 16.1. The fraction of sp³-hybridized carbons (Fsp3) is 0.611. The normalized spacial score (nSPS) is 16.1. The van der Waals surface area contributed by atoms with Gasteiger partial charge in [0.05, 0.1) is 0 Å². The van der Waals surface area contributed by atoms with Crippen LogP contribution in [0.2, 0.25) is 0 Å². The Kier molecular flexibility index (Phi) is 6.24. The number of hydrogen-bond acceptors (Lipinski definition) is 2. The molecule has 0 bridgehead atoms. The van der Waals surface area contributed by atoms with Crippen LogP contribution in [-0.4, -0.2) is 18.5 Å². The summed E-state index contributed by atoms with van der Waals surface area (Å²) in [4.78, 5) is 12.1. The lowest BCUT2D eigenvalue weighted by atomic mass is 9.89. The molecule has 0 aromatic heterocycles. The van der Waals surface area contributed by atoms with Crippen molar-refractivity contribution in [3.05, 3.63) is 35.4 Å². The summed E-state index contributed by atoms with van der Waals surface area (Å²) in [6, 6.07) is 8.39. The molecule has 1 aromatic carbocycles. The lowest BCUT2D eigenvalue weighted by Gasteiger charge is -2.21. The van der Waals surface area contributed by atoms with Gasteiger partial charge in [-0.1, -0.05) is 45.2 Å². The highest BCUT2D eigenvalue weighted by Gasteiger charge is 2.14. The van der Waals surface area contributed by atoms with E-state index in [4.69, 9.17) is 0 Å². The van der Waals surface area contributed by atoms with Crippen molar-refractivity contribution in [3.63, 3.8) is 0 Å². The predicted molar refractivity (Wildman–Crippen MR) is 87.3 cm³/mol. The van der Waals surface area contributed by atoms with E-state index in [2.05, 4.69) is 24.5 Å². The summed E-state index contributed by atoms with van der Waals surface area (Å²) >= 11 is 0. The third kappa shape index (κ3) is 5.50. The summed E-state index contributed by atoms with van der Waals surface area (Å²) in [5, 5.41) is 6.46. The number of hydrogen-bond donors (Lipinski definition) is 2. The van der Waals surface area contributed by atoms with E-state index in [0.29, 0.717) is 12.0 Å². The van der Waals surface area contributed by atoms with E-state index in [9.17, 15) is 4.79 Å². The average molecular weight is 288 g/mol. The molecule has 0 aliphatic heterocycles. The molecular formula is C18H28N2O. The summed E-state index contributed by atoms with van der Waals surface area (Å²) in [7, 11) is 0.